The number of hydrogen-bond acceptors (Lipinski definition) is 2. The molecular formula is C10H13BrN2O2. The van der Waals surface area contributed by atoms with Crippen molar-refractivity contribution in [1.82, 2.24) is 5.32 Å². The van der Waals surface area contributed by atoms with Gasteiger partial charge in [-0.3, -0.25) is 0 Å². The minimum Gasteiger partial charge on any atom is -0.395 e. The largest absolute Gasteiger partial charge is 0.395 e. The number of nitrogens with one attached hydrogen (secondary N) is 2. The van der Waals surface area contributed by atoms with Crippen LogP contribution in [0.15, 0.2) is 22.7 Å². The fraction of sp³-hybridized carbons (Fsp3) is 0.300. The summed E-state index contributed by atoms with van der Waals surface area (Å²) < 4.78 is 0.947. The average Bonchev–Trinajstić information content (AvgIpc) is 2.20. The van der Waals surface area contributed by atoms with E-state index in [9.17, 15) is 4.79 Å². The summed E-state index contributed by atoms with van der Waals surface area (Å²) in [5.74, 6) is 0. The molecule has 0 atom stereocenters. The Morgan fingerprint density at radius 3 is 2.87 bits per heavy atom. The van der Waals surface area contributed by atoms with Crippen LogP contribution in [0.2, 0.25) is 0 Å². The molecule has 0 heterocycles. The Bertz CT molecular complexity index is 355. The summed E-state index contributed by atoms with van der Waals surface area (Å²) in [5, 5.41) is 13.7. The molecule has 4 nitrogen and oxygen atoms in total. The predicted molar refractivity (Wildman–Crippen MR) is 63.0 cm³/mol. The van der Waals surface area contributed by atoms with Crippen LogP contribution in [0, 0.1) is 6.92 Å². The molecule has 1 aromatic carbocycles. The second-order valence-corrected chi connectivity index (χ2v) is 3.92. The van der Waals surface area contributed by atoms with E-state index in [1.807, 2.05) is 25.1 Å². The Hall–Kier alpha value is -1.07. The summed E-state index contributed by atoms with van der Waals surface area (Å²) in [5.41, 5.74) is 1.82. The van der Waals surface area contributed by atoms with Crippen LogP contribution in [0.4, 0.5) is 10.5 Å². The molecule has 1 aromatic rings. The zero-order valence-electron chi connectivity index (χ0n) is 8.38. The number of aliphatic hydroxyl groups is 1. The lowest BCUT2D eigenvalue weighted by molar-refractivity contribution is 0.245. The maximum absolute atomic E-state index is 11.2. The number of anilines is 1. The fourth-order valence-corrected chi connectivity index (χ4v) is 1.39. The van der Waals surface area contributed by atoms with Gasteiger partial charge in [0.25, 0.3) is 0 Å². The maximum atomic E-state index is 11.2. The Kier molecular flexibility index (Phi) is 4.58. The number of amides is 2. The zero-order chi connectivity index (χ0) is 11.3. The molecule has 82 valence electrons. The average molecular weight is 273 g/mol. The highest BCUT2D eigenvalue weighted by molar-refractivity contribution is 9.10. The summed E-state index contributed by atoms with van der Waals surface area (Å²) in [6.45, 7) is 2.16. The number of benzene rings is 1. The molecule has 15 heavy (non-hydrogen) atoms. The molecule has 5 heteroatoms. The van der Waals surface area contributed by atoms with Crippen LogP contribution < -0.4 is 10.6 Å². The highest BCUT2D eigenvalue weighted by Crippen LogP contribution is 2.20. The van der Waals surface area contributed by atoms with Crippen molar-refractivity contribution in [2.75, 3.05) is 18.5 Å². The first kappa shape index (κ1) is 12.0. The van der Waals surface area contributed by atoms with Gasteiger partial charge in [0.05, 0.1) is 6.61 Å². The summed E-state index contributed by atoms with van der Waals surface area (Å²) in [6, 6.07) is 5.23. The molecule has 0 fully saturated rings. The monoisotopic (exact) mass is 272 g/mol. The Balaban J connectivity index is 2.57. The second-order valence-electron chi connectivity index (χ2n) is 3.07. The molecule has 0 spiro atoms. The predicted octanol–water partition coefficient (Wildman–Crippen LogP) is 1.87. The number of carbonyl (C=O) groups excluding carboxylic acids is 1. The van der Waals surface area contributed by atoms with Crippen molar-refractivity contribution in [2.24, 2.45) is 0 Å². The molecule has 2 amide bonds. The topological polar surface area (TPSA) is 61.4 Å². The van der Waals surface area contributed by atoms with E-state index in [1.165, 1.54) is 0 Å². The van der Waals surface area contributed by atoms with E-state index in [0.29, 0.717) is 5.69 Å². The number of rotatable bonds is 3. The first-order chi connectivity index (χ1) is 7.13. The van der Waals surface area contributed by atoms with Gasteiger partial charge in [-0.15, -0.1) is 0 Å². The van der Waals surface area contributed by atoms with Gasteiger partial charge in [-0.1, -0.05) is 22.0 Å². The number of urea groups is 1. The summed E-state index contributed by atoms with van der Waals surface area (Å²) in [6.07, 6.45) is 0. The van der Waals surface area contributed by atoms with Crippen LogP contribution >= 0.6 is 15.9 Å². The van der Waals surface area contributed by atoms with Gasteiger partial charge in [0, 0.05) is 16.7 Å². The fourth-order valence-electron chi connectivity index (χ4n) is 1.02. The molecule has 0 saturated heterocycles. The van der Waals surface area contributed by atoms with Crippen LogP contribution in [-0.4, -0.2) is 24.3 Å². The molecular weight excluding hydrogens is 260 g/mol. The van der Waals surface area contributed by atoms with E-state index in [-0.39, 0.29) is 19.2 Å². The first-order valence-corrected chi connectivity index (χ1v) is 5.34. The molecule has 0 saturated carbocycles. The van der Waals surface area contributed by atoms with Crippen molar-refractivity contribution in [2.45, 2.75) is 6.92 Å². The van der Waals surface area contributed by atoms with Gasteiger partial charge < -0.3 is 15.7 Å². The van der Waals surface area contributed by atoms with Crippen LogP contribution in [0.1, 0.15) is 5.56 Å². The third-order valence-corrected chi connectivity index (χ3v) is 2.68. The van der Waals surface area contributed by atoms with E-state index < -0.39 is 0 Å². The second kappa shape index (κ2) is 5.72. The first-order valence-electron chi connectivity index (χ1n) is 4.55. The van der Waals surface area contributed by atoms with Gasteiger partial charge in [0.15, 0.2) is 0 Å². The Morgan fingerprint density at radius 2 is 2.27 bits per heavy atom. The maximum Gasteiger partial charge on any atom is 0.319 e. The summed E-state index contributed by atoms with van der Waals surface area (Å²) in [7, 11) is 0. The quantitative estimate of drug-likeness (QED) is 0.787. The minimum atomic E-state index is -0.320. The van der Waals surface area contributed by atoms with Gasteiger partial charge in [0.2, 0.25) is 0 Å². The van der Waals surface area contributed by atoms with Crippen LogP contribution in [-0.2, 0) is 0 Å². The summed E-state index contributed by atoms with van der Waals surface area (Å²) >= 11 is 3.38. The highest BCUT2D eigenvalue weighted by atomic mass is 79.9. The molecule has 0 aliphatic rings. The number of halogens is 1. The van der Waals surface area contributed by atoms with Gasteiger partial charge in [0.1, 0.15) is 0 Å². The number of carbonyl (C=O) groups is 1. The van der Waals surface area contributed by atoms with Crippen molar-refractivity contribution in [3.8, 4) is 0 Å². The standard InChI is InChI=1S/C10H13BrN2O2/c1-7-2-3-8(6-9(7)11)13-10(15)12-4-5-14/h2-3,6,14H,4-5H2,1H3,(H2,12,13,15). The van der Waals surface area contributed by atoms with Gasteiger partial charge in [-0.2, -0.15) is 0 Å². The lowest BCUT2D eigenvalue weighted by Crippen LogP contribution is -2.30. The number of aryl methyl sites for hydroxylation is 1. The van der Waals surface area contributed by atoms with Crippen LogP contribution in [0.5, 0.6) is 0 Å². The van der Waals surface area contributed by atoms with E-state index in [4.69, 9.17) is 5.11 Å². The van der Waals surface area contributed by atoms with E-state index >= 15 is 0 Å². The normalized spacial score (nSPS) is 9.80. The van der Waals surface area contributed by atoms with Gasteiger partial charge in [-0.05, 0) is 24.6 Å². The lowest BCUT2D eigenvalue weighted by Gasteiger charge is -2.07. The van der Waals surface area contributed by atoms with Crippen LogP contribution in [0.25, 0.3) is 0 Å². The molecule has 0 aromatic heterocycles. The van der Waals surface area contributed by atoms with E-state index in [0.717, 1.165) is 10.0 Å². The van der Waals surface area contributed by atoms with E-state index in [2.05, 4.69) is 26.6 Å². The third-order valence-electron chi connectivity index (χ3n) is 1.83. The minimum absolute atomic E-state index is 0.0645. The molecule has 1 rings (SSSR count). The van der Waals surface area contributed by atoms with Crippen molar-refractivity contribution in [3.63, 3.8) is 0 Å². The van der Waals surface area contributed by atoms with Crippen molar-refractivity contribution in [1.29, 1.82) is 0 Å². The SMILES string of the molecule is Cc1ccc(NC(=O)NCCO)cc1Br. The van der Waals surface area contributed by atoms with E-state index in [1.54, 1.807) is 0 Å². The highest BCUT2D eigenvalue weighted by Gasteiger charge is 2.01. The smallest absolute Gasteiger partial charge is 0.319 e. The number of hydrogen-bond donors (Lipinski definition) is 3. The Labute approximate surface area is 96.8 Å². The summed E-state index contributed by atoms with van der Waals surface area (Å²) in [4.78, 5) is 11.2. The number of aliphatic hydroxyl groups excluding tert-OH is 1. The van der Waals surface area contributed by atoms with Crippen LogP contribution in [0.3, 0.4) is 0 Å². The molecule has 3 N–H and O–H groups in total. The Morgan fingerprint density at radius 1 is 1.53 bits per heavy atom. The van der Waals surface area contributed by atoms with Gasteiger partial charge >= 0.3 is 6.03 Å². The van der Waals surface area contributed by atoms with Gasteiger partial charge in [-0.25, -0.2) is 4.79 Å². The third kappa shape index (κ3) is 3.89. The molecule has 0 aliphatic carbocycles. The molecule has 0 bridgehead atoms. The molecule has 0 aliphatic heterocycles. The molecule has 0 radical (unpaired) electrons. The van der Waals surface area contributed by atoms with Crippen molar-refractivity contribution in [3.05, 3.63) is 28.2 Å². The van der Waals surface area contributed by atoms with Crippen molar-refractivity contribution < 1.29 is 9.90 Å². The zero-order valence-corrected chi connectivity index (χ0v) is 9.97. The van der Waals surface area contributed by atoms with Crippen molar-refractivity contribution >= 4 is 27.6 Å². The molecule has 0 unspecified atom stereocenters. The lowest BCUT2D eigenvalue weighted by atomic mass is 10.2.